The zero-order valence-electron chi connectivity index (χ0n) is 17.2. The molecule has 1 aliphatic heterocycles. The highest BCUT2D eigenvalue weighted by molar-refractivity contribution is 6.21. The number of imide groups is 1. The Bertz CT molecular complexity index is 904. The number of carbonyl (C=O) groups excluding carboxylic acids is 3. The summed E-state index contributed by atoms with van der Waals surface area (Å²) in [4.78, 5) is 42.6. The maximum absolute atomic E-state index is 12.6. The van der Waals surface area contributed by atoms with E-state index in [0.717, 1.165) is 25.7 Å². The van der Waals surface area contributed by atoms with Gasteiger partial charge in [-0.15, -0.1) is 0 Å². The van der Waals surface area contributed by atoms with Gasteiger partial charge in [-0.3, -0.25) is 9.59 Å². The number of fused-ring (bicyclic) bond motifs is 1. The molecule has 0 saturated heterocycles. The molecule has 158 valence electrons. The van der Waals surface area contributed by atoms with Crippen molar-refractivity contribution in [1.82, 2.24) is 5.06 Å². The molecule has 0 unspecified atom stereocenters. The normalized spacial score (nSPS) is 12.7. The van der Waals surface area contributed by atoms with E-state index >= 15 is 0 Å². The van der Waals surface area contributed by atoms with Crippen LogP contribution in [-0.4, -0.2) is 36.1 Å². The van der Waals surface area contributed by atoms with E-state index in [1.54, 1.807) is 18.2 Å². The lowest BCUT2D eigenvalue weighted by atomic mass is 10.1. The first-order valence-corrected chi connectivity index (χ1v) is 10.2. The van der Waals surface area contributed by atoms with Crippen LogP contribution in [0.15, 0.2) is 42.5 Å². The fraction of sp³-hybridized carbons (Fsp3) is 0.348. The fourth-order valence-corrected chi connectivity index (χ4v) is 2.91. The second kappa shape index (κ2) is 9.91. The number of hydrogen-bond acceptors (Lipinski definition) is 6. The smallest absolute Gasteiger partial charge is 0.364 e. The third-order valence-electron chi connectivity index (χ3n) is 4.62. The first-order chi connectivity index (χ1) is 14.6. The molecule has 2 aromatic rings. The molecule has 2 aromatic carbocycles. The van der Waals surface area contributed by atoms with Gasteiger partial charge in [-0.1, -0.05) is 43.9 Å². The Hall–Kier alpha value is -3.35. The molecule has 0 bridgehead atoms. The highest BCUT2D eigenvalue weighted by Gasteiger charge is 2.38. The monoisotopic (exact) mass is 411 g/mol. The lowest BCUT2D eigenvalue weighted by molar-refractivity contribution is -0.0584. The number of benzene rings is 2. The largest absolute Gasteiger partial charge is 0.490 e. The SMILES string of the molecule is CCCCOc1ccc(C(=O)ON2C(=O)c3ccccc3C2=O)cc1OCCCC. The predicted molar refractivity (Wildman–Crippen MR) is 110 cm³/mol. The summed E-state index contributed by atoms with van der Waals surface area (Å²) in [5, 5.41) is 0.496. The highest BCUT2D eigenvalue weighted by atomic mass is 16.7. The Morgan fingerprint density at radius 3 is 1.97 bits per heavy atom. The molecule has 0 radical (unpaired) electrons. The summed E-state index contributed by atoms with van der Waals surface area (Å²) < 4.78 is 11.5. The van der Waals surface area contributed by atoms with E-state index in [4.69, 9.17) is 14.3 Å². The van der Waals surface area contributed by atoms with Crippen molar-refractivity contribution >= 4 is 17.8 Å². The van der Waals surface area contributed by atoms with Crippen LogP contribution in [-0.2, 0) is 4.84 Å². The summed E-state index contributed by atoms with van der Waals surface area (Å²) in [7, 11) is 0. The molecule has 1 aliphatic rings. The van der Waals surface area contributed by atoms with Gasteiger partial charge in [0, 0.05) is 0 Å². The van der Waals surface area contributed by atoms with Gasteiger partial charge >= 0.3 is 5.97 Å². The summed E-state index contributed by atoms with van der Waals surface area (Å²) in [6, 6.07) is 11.0. The number of unbranched alkanes of at least 4 members (excludes halogenated alkanes) is 2. The van der Waals surface area contributed by atoms with E-state index in [2.05, 4.69) is 13.8 Å². The van der Waals surface area contributed by atoms with Gasteiger partial charge < -0.3 is 14.3 Å². The summed E-state index contributed by atoms with van der Waals surface area (Å²) in [5.74, 6) is -1.19. The van der Waals surface area contributed by atoms with Crippen molar-refractivity contribution in [3.8, 4) is 11.5 Å². The van der Waals surface area contributed by atoms with Gasteiger partial charge in [-0.25, -0.2) is 4.79 Å². The molecule has 30 heavy (non-hydrogen) atoms. The van der Waals surface area contributed by atoms with Gasteiger partial charge in [-0.2, -0.15) is 0 Å². The second-order valence-electron chi connectivity index (χ2n) is 6.89. The molecule has 2 amide bonds. The van der Waals surface area contributed by atoms with Gasteiger partial charge in [0.2, 0.25) is 0 Å². The van der Waals surface area contributed by atoms with Crippen LogP contribution in [0.3, 0.4) is 0 Å². The number of rotatable bonds is 10. The number of nitrogens with zero attached hydrogens (tertiary/aromatic N) is 1. The molecule has 1 heterocycles. The Morgan fingerprint density at radius 1 is 0.833 bits per heavy atom. The molecule has 7 nitrogen and oxygen atoms in total. The van der Waals surface area contributed by atoms with Crippen molar-refractivity contribution in [2.45, 2.75) is 39.5 Å². The lowest BCUT2D eigenvalue weighted by Crippen LogP contribution is -2.32. The molecule has 0 atom stereocenters. The van der Waals surface area contributed by atoms with Crippen LogP contribution in [0.25, 0.3) is 0 Å². The number of ether oxygens (including phenoxy) is 2. The molecule has 3 rings (SSSR count). The maximum atomic E-state index is 12.6. The van der Waals surface area contributed by atoms with Crippen LogP contribution >= 0.6 is 0 Å². The predicted octanol–water partition coefficient (Wildman–Crippen LogP) is 4.41. The van der Waals surface area contributed by atoms with Gasteiger partial charge in [0.25, 0.3) is 11.8 Å². The van der Waals surface area contributed by atoms with Gasteiger partial charge in [0.15, 0.2) is 11.5 Å². The number of hydrogen-bond donors (Lipinski definition) is 0. The molecule has 0 spiro atoms. The maximum Gasteiger partial charge on any atom is 0.364 e. The van der Waals surface area contributed by atoms with E-state index in [9.17, 15) is 14.4 Å². The van der Waals surface area contributed by atoms with Crippen molar-refractivity contribution < 1.29 is 28.7 Å². The summed E-state index contributed by atoms with van der Waals surface area (Å²) in [6.45, 7) is 5.15. The first-order valence-electron chi connectivity index (χ1n) is 10.2. The summed E-state index contributed by atoms with van der Waals surface area (Å²) >= 11 is 0. The summed E-state index contributed by atoms with van der Waals surface area (Å²) in [6.07, 6.45) is 3.72. The van der Waals surface area contributed by atoms with Crippen LogP contribution < -0.4 is 9.47 Å². The Labute approximate surface area is 175 Å². The van der Waals surface area contributed by atoms with Crippen molar-refractivity contribution in [3.63, 3.8) is 0 Å². The number of carbonyl (C=O) groups is 3. The van der Waals surface area contributed by atoms with Crippen LogP contribution in [0.2, 0.25) is 0 Å². The van der Waals surface area contributed by atoms with Crippen LogP contribution in [0.5, 0.6) is 11.5 Å². The number of amides is 2. The number of hydroxylamine groups is 2. The molecule has 0 saturated carbocycles. The molecule has 0 aromatic heterocycles. The van der Waals surface area contributed by atoms with Crippen LogP contribution in [0.4, 0.5) is 0 Å². The standard InChI is InChI=1S/C23H25NO6/c1-3-5-13-28-19-12-11-16(15-20(19)29-14-6-4-2)23(27)30-24-21(25)17-9-7-8-10-18(17)22(24)26/h7-12,15H,3-6,13-14H2,1-2H3. The summed E-state index contributed by atoms with van der Waals surface area (Å²) in [5.41, 5.74) is 0.568. The molecular weight excluding hydrogens is 386 g/mol. The minimum absolute atomic E-state index is 0.154. The first kappa shape index (κ1) is 21.4. The molecular formula is C23H25NO6. The minimum Gasteiger partial charge on any atom is -0.490 e. The van der Waals surface area contributed by atoms with Crippen LogP contribution in [0, 0.1) is 0 Å². The van der Waals surface area contributed by atoms with E-state index < -0.39 is 17.8 Å². The van der Waals surface area contributed by atoms with Crippen molar-refractivity contribution in [2.75, 3.05) is 13.2 Å². The van der Waals surface area contributed by atoms with Crippen LogP contribution in [0.1, 0.15) is 70.6 Å². The average molecular weight is 411 g/mol. The molecule has 0 N–H and O–H groups in total. The second-order valence-corrected chi connectivity index (χ2v) is 6.89. The van der Waals surface area contributed by atoms with Crippen molar-refractivity contribution in [2.24, 2.45) is 0 Å². The van der Waals surface area contributed by atoms with E-state index in [-0.39, 0.29) is 16.7 Å². The van der Waals surface area contributed by atoms with E-state index in [0.29, 0.717) is 29.8 Å². The van der Waals surface area contributed by atoms with Crippen molar-refractivity contribution in [1.29, 1.82) is 0 Å². The van der Waals surface area contributed by atoms with Crippen molar-refractivity contribution in [3.05, 3.63) is 59.2 Å². The molecule has 7 heteroatoms. The zero-order valence-corrected chi connectivity index (χ0v) is 17.2. The Morgan fingerprint density at radius 2 is 1.40 bits per heavy atom. The molecule has 0 aliphatic carbocycles. The molecule has 0 fully saturated rings. The van der Waals surface area contributed by atoms with E-state index in [1.807, 2.05) is 0 Å². The average Bonchev–Trinajstić information content (AvgIpc) is 3.00. The zero-order chi connectivity index (χ0) is 21.5. The Kier molecular flexibility index (Phi) is 7.06. The Balaban J connectivity index is 1.76. The topological polar surface area (TPSA) is 82.1 Å². The quantitative estimate of drug-likeness (QED) is 0.425. The minimum atomic E-state index is -0.829. The fourth-order valence-electron chi connectivity index (χ4n) is 2.91. The van der Waals surface area contributed by atoms with Gasteiger partial charge in [-0.05, 0) is 43.2 Å². The van der Waals surface area contributed by atoms with Gasteiger partial charge in [0.1, 0.15) is 0 Å². The third-order valence-corrected chi connectivity index (χ3v) is 4.62. The van der Waals surface area contributed by atoms with E-state index in [1.165, 1.54) is 24.3 Å². The lowest BCUT2D eigenvalue weighted by Gasteiger charge is -2.15. The van der Waals surface area contributed by atoms with Gasteiger partial charge in [0.05, 0.1) is 29.9 Å². The third kappa shape index (κ3) is 4.62. The highest BCUT2D eigenvalue weighted by Crippen LogP contribution is 2.30.